The molecule has 7 nitrogen and oxygen atoms in total. The van der Waals surface area contributed by atoms with Crippen molar-refractivity contribution in [3.8, 4) is 0 Å². The summed E-state index contributed by atoms with van der Waals surface area (Å²) < 4.78 is 5.78. The van der Waals surface area contributed by atoms with Crippen molar-refractivity contribution in [2.24, 2.45) is 0 Å². The van der Waals surface area contributed by atoms with Gasteiger partial charge >= 0.3 is 0 Å². The zero-order valence-electron chi connectivity index (χ0n) is 18.0. The smallest absolute Gasteiger partial charge is 0.251 e. The minimum atomic E-state index is -0.654. The fourth-order valence-electron chi connectivity index (χ4n) is 4.56. The fraction of sp³-hybridized carbons (Fsp3) is 0.652. The van der Waals surface area contributed by atoms with Crippen LogP contribution >= 0.6 is 0 Å². The van der Waals surface area contributed by atoms with Gasteiger partial charge in [-0.2, -0.15) is 0 Å². The molecular weight excluding hydrogens is 380 g/mol. The first kappa shape index (κ1) is 21.3. The summed E-state index contributed by atoms with van der Waals surface area (Å²) in [6, 6.07) is 9.72. The number of benzene rings is 1. The van der Waals surface area contributed by atoms with E-state index in [0.717, 1.165) is 64.1 Å². The Morgan fingerprint density at radius 2 is 1.80 bits per heavy atom. The first-order chi connectivity index (χ1) is 14.7. The molecule has 1 aromatic rings. The van der Waals surface area contributed by atoms with E-state index in [-0.39, 0.29) is 30.5 Å². The van der Waals surface area contributed by atoms with Crippen molar-refractivity contribution >= 4 is 11.8 Å². The third-order valence-electron chi connectivity index (χ3n) is 6.46. The average Bonchev–Trinajstić information content (AvgIpc) is 3.62. The van der Waals surface area contributed by atoms with Crippen LogP contribution in [0.25, 0.3) is 0 Å². The van der Waals surface area contributed by atoms with E-state index in [9.17, 15) is 9.59 Å². The monoisotopic (exact) mass is 414 g/mol. The van der Waals surface area contributed by atoms with E-state index in [1.54, 1.807) is 0 Å². The standard InChI is InChI=1S/C23H34N4O3/c1-2-25-13-15-26(16-14-25)12-6-11-24-23(29)22-21(18-7-4-3-5-8-18)27(19-9-10-19)20(28)17-30-22/h3-5,7-8,19,21-22H,2,6,9-17H2,1H3,(H,24,29)/t21-,22+/m0/s1. The number of nitrogens with zero attached hydrogens (tertiary/aromatic N) is 3. The van der Waals surface area contributed by atoms with Gasteiger partial charge in [-0.25, -0.2) is 0 Å². The van der Waals surface area contributed by atoms with Crippen LogP contribution in [0.15, 0.2) is 30.3 Å². The Kier molecular flexibility index (Phi) is 7.02. The maximum atomic E-state index is 13.0. The van der Waals surface area contributed by atoms with Gasteiger partial charge in [0.25, 0.3) is 5.91 Å². The number of hydrogen-bond acceptors (Lipinski definition) is 5. The van der Waals surface area contributed by atoms with Gasteiger partial charge in [-0.3, -0.25) is 9.59 Å². The summed E-state index contributed by atoms with van der Waals surface area (Å²) in [4.78, 5) is 32.4. The minimum absolute atomic E-state index is 0.0124. The fourth-order valence-corrected chi connectivity index (χ4v) is 4.56. The molecule has 0 radical (unpaired) electrons. The molecule has 7 heteroatoms. The van der Waals surface area contributed by atoms with Gasteiger partial charge in [-0.05, 0) is 37.9 Å². The molecule has 1 N–H and O–H groups in total. The Bertz CT molecular complexity index is 716. The maximum absolute atomic E-state index is 13.0. The van der Waals surface area contributed by atoms with Crippen LogP contribution < -0.4 is 5.32 Å². The molecule has 1 aromatic carbocycles. The minimum Gasteiger partial charge on any atom is -0.356 e. The summed E-state index contributed by atoms with van der Waals surface area (Å²) in [6.07, 6.45) is 2.29. The van der Waals surface area contributed by atoms with E-state index in [2.05, 4.69) is 22.0 Å². The molecule has 3 aliphatic rings. The molecular formula is C23H34N4O3. The normalized spacial score (nSPS) is 26.0. The molecule has 0 unspecified atom stereocenters. The molecule has 2 aliphatic heterocycles. The van der Waals surface area contributed by atoms with Crippen LogP contribution in [0.4, 0.5) is 0 Å². The van der Waals surface area contributed by atoms with Crippen LogP contribution in [0.5, 0.6) is 0 Å². The van der Waals surface area contributed by atoms with Gasteiger partial charge in [-0.15, -0.1) is 0 Å². The topological polar surface area (TPSA) is 65.1 Å². The first-order valence-corrected chi connectivity index (χ1v) is 11.4. The number of amides is 2. The summed E-state index contributed by atoms with van der Waals surface area (Å²) in [5, 5.41) is 3.07. The van der Waals surface area contributed by atoms with Crippen LogP contribution in [-0.2, 0) is 14.3 Å². The highest BCUT2D eigenvalue weighted by Crippen LogP contribution is 2.39. The van der Waals surface area contributed by atoms with E-state index in [1.807, 2.05) is 35.2 Å². The number of likely N-dealkylation sites (N-methyl/N-ethyl adjacent to an activating group) is 1. The Morgan fingerprint density at radius 1 is 1.10 bits per heavy atom. The first-order valence-electron chi connectivity index (χ1n) is 11.4. The average molecular weight is 415 g/mol. The van der Waals surface area contributed by atoms with E-state index in [1.165, 1.54) is 0 Å². The Balaban J connectivity index is 1.32. The molecule has 2 atom stereocenters. The van der Waals surface area contributed by atoms with Gasteiger partial charge in [0.1, 0.15) is 6.61 Å². The van der Waals surface area contributed by atoms with E-state index in [0.29, 0.717) is 6.54 Å². The molecule has 4 rings (SSSR count). The molecule has 2 saturated heterocycles. The number of nitrogens with one attached hydrogen (secondary N) is 1. The number of hydrogen-bond donors (Lipinski definition) is 1. The third-order valence-corrected chi connectivity index (χ3v) is 6.46. The Morgan fingerprint density at radius 3 is 2.47 bits per heavy atom. The number of carbonyl (C=O) groups excluding carboxylic acids is 2. The summed E-state index contributed by atoms with van der Waals surface area (Å²) in [5.74, 6) is -0.126. The second-order valence-corrected chi connectivity index (χ2v) is 8.54. The van der Waals surface area contributed by atoms with Crippen molar-refractivity contribution in [2.75, 3.05) is 52.4 Å². The predicted molar refractivity (Wildman–Crippen MR) is 115 cm³/mol. The van der Waals surface area contributed by atoms with Crippen LogP contribution in [0, 0.1) is 0 Å². The number of rotatable bonds is 8. The van der Waals surface area contributed by atoms with E-state index >= 15 is 0 Å². The molecule has 30 heavy (non-hydrogen) atoms. The highest BCUT2D eigenvalue weighted by Gasteiger charge is 2.47. The predicted octanol–water partition coefficient (Wildman–Crippen LogP) is 1.26. The summed E-state index contributed by atoms with van der Waals surface area (Å²) in [7, 11) is 0. The Hall–Kier alpha value is -1.96. The van der Waals surface area contributed by atoms with Gasteiger partial charge < -0.3 is 24.8 Å². The lowest BCUT2D eigenvalue weighted by atomic mass is 9.96. The van der Waals surface area contributed by atoms with E-state index in [4.69, 9.17) is 4.74 Å². The second kappa shape index (κ2) is 9.90. The van der Waals surface area contributed by atoms with Gasteiger partial charge in [0.15, 0.2) is 6.10 Å². The molecule has 0 spiro atoms. The van der Waals surface area contributed by atoms with Gasteiger partial charge in [0.05, 0.1) is 6.04 Å². The Labute approximate surface area is 179 Å². The van der Waals surface area contributed by atoms with Crippen LogP contribution in [0.3, 0.4) is 0 Å². The van der Waals surface area contributed by atoms with Crippen LogP contribution in [-0.4, -0.2) is 91.1 Å². The number of morpholine rings is 1. The SMILES string of the molecule is CCN1CCN(CCCNC(=O)[C@@H]2OCC(=O)N(C3CC3)[C@H]2c2ccccc2)CC1. The van der Waals surface area contributed by atoms with Crippen molar-refractivity contribution in [3.63, 3.8) is 0 Å². The van der Waals surface area contributed by atoms with E-state index < -0.39 is 6.10 Å². The molecule has 164 valence electrons. The van der Waals surface area contributed by atoms with Gasteiger partial charge in [0.2, 0.25) is 5.91 Å². The zero-order chi connectivity index (χ0) is 20.9. The maximum Gasteiger partial charge on any atom is 0.251 e. The summed E-state index contributed by atoms with van der Waals surface area (Å²) >= 11 is 0. The summed E-state index contributed by atoms with van der Waals surface area (Å²) in [6.45, 7) is 9.39. The van der Waals surface area contributed by atoms with Crippen molar-refractivity contribution in [3.05, 3.63) is 35.9 Å². The molecule has 1 saturated carbocycles. The lowest BCUT2D eigenvalue weighted by Gasteiger charge is -2.40. The highest BCUT2D eigenvalue weighted by atomic mass is 16.5. The van der Waals surface area contributed by atoms with Crippen LogP contribution in [0.1, 0.15) is 37.8 Å². The van der Waals surface area contributed by atoms with Gasteiger partial charge in [-0.1, -0.05) is 37.3 Å². The zero-order valence-corrected chi connectivity index (χ0v) is 18.0. The number of carbonyl (C=O) groups is 2. The van der Waals surface area contributed by atoms with Crippen molar-refractivity contribution in [2.45, 2.75) is 44.4 Å². The molecule has 0 bridgehead atoms. The van der Waals surface area contributed by atoms with Crippen LogP contribution in [0.2, 0.25) is 0 Å². The van der Waals surface area contributed by atoms with Crippen molar-refractivity contribution in [1.82, 2.24) is 20.0 Å². The molecule has 3 fully saturated rings. The quantitative estimate of drug-likeness (QED) is 0.649. The number of piperazine rings is 1. The lowest BCUT2D eigenvalue weighted by Crippen LogP contribution is -2.55. The third kappa shape index (κ3) is 5.02. The van der Waals surface area contributed by atoms with Crippen molar-refractivity contribution in [1.29, 1.82) is 0 Å². The second-order valence-electron chi connectivity index (χ2n) is 8.54. The summed E-state index contributed by atoms with van der Waals surface area (Å²) in [5.41, 5.74) is 0.964. The number of ether oxygens (including phenoxy) is 1. The lowest BCUT2D eigenvalue weighted by molar-refractivity contribution is -0.165. The molecule has 1 aliphatic carbocycles. The highest BCUT2D eigenvalue weighted by molar-refractivity contribution is 5.86. The largest absolute Gasteiger partial charge is 0.356 e. The van der Waals surface area contributed by atoms with Gasteiger partial charge in [0, 0.05) is 38.8 Å². The molecule has 2 amide bonds. The molecule has 0 aromatic heterocycles. The van der Waals surface area contributed by atoms with Crippen molar-refractivity contribution < 1.29 is 14.3 Å². The molecule has 2 heterocycles.